The molecule has 0 radical (unpaired) electrons. The number of rotatable bonds is 4. The minimum Gasteiger partial charge on any atom is -0.380 e. The topological polar surface area (TPSA) is 26.3 Å². The van der Waals surface area contributed by atoms with E-state index in [1.54, 1.807) is 7.11 Å². The fraction of sp³-hybridized carbons (Fsp3) is 0.364. The highest BCUT2D eigenvalue weighted by atomic mass is 16.5. The lowest BCUT2D eigenvalue weighted by atomic mass is 10.1. The normalized spacial score (nSPS) is 10.0. The van der Waals surface area contributed by atoms with Crippen molar-refractivity contribution in [2.24, 2.45) is 0 Å². The van der Waals surface area contributed by atoms with E-state index >= 15 is 0 Å². The number of ketones is 1. The number of ether oxygens (including phenoxy) is 1. The molecule has 0 aliphatic heterocycles. The van der Waals surface area contributed by atoms with Gasteiger partial charge >= 0.3 is 0 Å². The number of hydrogen-bond acceptors (Lipinski definition) is 2. The van der Waals surface area contributed by atoms with E-state index in [0.29, 0.717) is 13.0 Å². The molecule has 70 valence electrons. The molecule has 0 spiro atoms. The van der Waals surface area contributed by atoms with Gasteiger partial charge in [0.05, 0.1) is 6.61 Å². The first-order valence-corrected chi connectivity index (χ1v) is 4.39. The van der Waals surface area contributed by atoms with E-state index in [0.717, 1.165) is 11.1 Å². The molecule has 0 saturated heterocycles. The smallest absolute Gasteiger partial charge is 0.162 e. The summed E-state index contributed by atoms with van der Waals surface area (Å²) >= 11 is 0. The van der Waals surface area contributed by atoms with Crippen LogP contribution in [-0.4, -0.2) is 12.9 Å². The van der Waals surface area contributed by atoms with Gasteiger partial charge in [0, 0.05) is 19.1 Å². The fourth-order valence-corrected chi connectivity index (χ4v) is 1.21. The summed E-state index contributed by atoms with van der Waals surface area (Å²) < 4.78 is 4.98. The van der Waals surface area contributed by atoms with Gasteiger partial charge in [-0.15, -0.1) is 0 Å². The zero-order chi connectivity index (χ0) is 9.68. The summed E-state index contributed by atoms with van der Waals surface area (Å²) in [6.45, 7) is 2.43. The molecule has 2 heteroatoms. The Morgan fingerprint density at radius 3 is 2.85 bits per heavy atom. The van der Waals surface area contributed by atoms with Crippen LogP contribution in [0, 0.1) is 0 Å². The van der Waals surface area contributed by atoms with Crippen molar-refractivity contribution in [2.45, 2.75) is 20.0 Å². The number of carbonyl (C=O) groups excluding carboxylic acids is 1. The van der Waals surface area contributed by atoms with Gasteiger partial charge in [0.25, 0.3) is 0 Å². The molecule has 1 rings (SSSR count). The highest BCUT2D eigenvalue weighted by molar-refractivity contribution is 5.95. The van der Waals surface area contributed by atoms with Crippen LogP contribution in [0.2, 0.25) is 0 Å². The Hall–Kier alpha value is -1.15. The predicted octanol–water partition coefficient (Wildman–Crippen LogP) is 2.43. The number of methoxy groups -OCH3 is 1. The number of Topliss-reactive ketones (excluding diaryl/α,β-unsaturated/α-hetero) is 1. The lowest BCUT2D eigenvalue weighted by Gasteiger charge is -2.02. The Labute approximate surface area is 78.5 Å². The number of benzene rings is 1. The van der Waals surface area contributed by atoms with E-state index in [-0.39, 0.29) is 5.78 Å². The van der Waals surface area contributed by atoms with E-state index in [9.17, 15) is 4.79 Å². The second kappa shape index (κ2) is 4.77. The monoisotopic (exact) mass is 178 g/mol. The van der Waals surface area contributed by atoms with Crippen molar-refractivity contribution in [2.75, 3.05) is 7.11 Å². The van der Waals surface area contributed by atoms with E-state index < -0.39 is 0 Å². The van der Waals surface area contributed by atoms with Gasteiger partial charge in [-0.25, -0.2) is 0 Å². The van der Waals surface area contributed by atoms with Crippen LogP contribution >= 0.6 is 0 Å². The first kappa shape index (κ1) is 9.93. The average molecular weight is 178 g/mol. The van der Waals surface area contributed by atoms with Crippen LogP contribution in [0.25, 0.3) is 0 Å². The van der Waals surface area contributed by atoms with Gasteiger partial charge in [-0.05, 0) is 11.6 Å². The SMILES string of the molecule is CCC(=O)c1cccc(COC)c1. The lowest BCUT2D eigenvalue weighted by Crippen LogP contribution is -1.97. The van der Waals surface area contributed by atoms with Crippen molar-refractivity contribution >= 4 is 5.78 Å². The van der Waals surface area contributed by atoms with E-state index in [1.165, 1.54) is 0 Å². The summed E-state index contributed by atoms with van der Waals surface area (Å²) in [6, 6.07) is 7.56. The second-order valence-corrected chi connectivity index (χ2v) is 2.91. The van der Waals surface area contributed by atoms with Crippen LogP contribution in [0.4, 0.5) is 0 Å². The molecule has 1 aromatic carbocycles. The molecule has 0 bridgehead atoms. The second-order valence-electron chi connectivity index (χ2n) is 2.91. The molecule has 0 atom stereocenters. The maximum absolute atomic E-state index is 11.3. The van der Waals surface area contributed by atoms with Crippen molar-refractivity contribution in [1.29, 1.82) is 0 Å². The van der Waals surface area contributed by atoms with Gasteiger partial charge in [-0.3, -0.25) is 4.79 Å². The van der Waals surface area contributed by atoms with Crippen LogP contribution in [-0.2, 0) is 11.3 Å². The zero-order valence-electron chi connectivity index (χ0n) is 8.04. The predicted molar refractivity (Wildman–Crippen MR) is 51.8 cm³/mol. The molecule has 0 N–H and O–H groups in total. The van der Waals surface area contributed by atoms with E-state index in [2.05, 4.69) is 0 Å². The molecule has 0 heterocycles. The first-order valence-electron chi connectivity index (χ1n) is 4.39. The Balaban J connectivity index is 2.85. The van der Waals surface area contributed by atoms with Crippen molar-refractivity contribution < 1.29 is 9.53 Å². The van der Waals surface area contributed by atoms with Crippen LogP contribution < -0.4 is 0 Å². The molecule has 0 aromatic heterocycles. The summed E-state index contributed by atoms with van der Waals surface area (Å²) in [5, 5.41) is 0. The molecule has 2 nitrogen and oxygen atoms in total. The molecule has 0 amide bonds. The van der Waals surface area contributed by atoms with Gasteiger partial charge in [0.2, 0.25) is 0 Å². The Morgan fingerprint density at radius 1 is 1.46 bits per heavy atom. The minimum atomic E-state index is 0.179. The maximum Gasteiger partial charge on any atom is 0.162 e. The summed E-state index contributed by atoms with van der Waals surface area (Å²) in [7, 11) is 1.65. The highest BCUT2D eigenvalue weighted by Crippen LogP contribution is 2.08. The van der Waals surface area contributed by atoms with Gasteiger partial charge < -0.3 is 4.74 Å². The largest absolute Gasteiger partial charge is 0.380 e. The van der Waals surface area contributed by atoms with Crippen LogP contribution in [0.5, 0.6) is 0 Å². The summed E-state index contributed by atoms with van der Waals surface area (Å²) in [4.78, 5) is 11.3. The van der Waals surface area contributed by atoms with E-state index in [1.807, 2.05) is 31.2 Å². The molecule has 0 aliphatic carbocycles. The minimum absolute atomic E-state index is 0.179. The Bertz CT molecular complexity index is 292. The molecule has 0 aliphatic rings. The lowest BCUT2D eigenvalue weighted by molar-refractivity contribution is 0.0988. The molecule has 0 saturated carbocycles. The van der Waals surface area contributed by atoms with Gasteiger partial charge in [-0.1, -0.05) is 25.1 Å². The Morgan fingerprint density at radius 2 is 2.23 bits per heavy atom. The fourth-order valence-electron chi connectivity index (χ4n) is 1.21. The molecular formula is C11H14O2. The number of hydrogen-bond donors (Lipinski definition) is 0. The van der Waals surface area contributed by atoms with E-state index in [4.69, 9.17) is 4.74 Å². The van der Waals surface area contributed by atoms with Gasteiger partial charge in [-0.2, -0.15) is 0 Å². The summed E-state index contributed by atoms with van der Waals surface area (Å²) in [5.41, 5.74) is 1.82. The standard InChI is InChI=1S/C11H14O2/c1-3-11(12)10-6-4-5-9(7-10)8-13-2/h4-7H,3,8H2,1-2H3. The van der Waals surface area contributed by atoms with Crippen LogP contribution in [0.1, 0.15) is 29.3 Å². The molecule has 13 heavy (non-hydrogen) atoms. The van der Waals surface area contributed by atoms with Crippen molar-refractivity contribution in [1.82, 2.24) is 0 Å². The van der Waals surface area contributed by atoms with Crippen LogP contribution in [0.15, 0.2) is 24.3 Å². The zero-order valence-corrected chi connectivity index (χ0v) is 8.04. The first-order chi connectivity index (χ1) is 6.27. The third-order valence-corrected chi connectivity index (χ3v) is 1.88. The average Bonchev–Trinajstić information content (AvgIpc) is 2.18. The molecule has 0 unspecified atom stereocenters. The molecule has 0 fully saturated rings. The summed E-state index contributed by atoms with van der Waals surface area (Å²) in [5.74, 6) is 0.179. The third-order valence-electron chi connectivity index (χ3n) is 1.88. The van der Waals surface area contributed by atoms with Crippen molar-refractivity contribution in [3.63, 3.8) is 0 Å². The van der Waals surface area contributed by atoms with Crippen molar-refractivity contribution in [3.05, 3.63) is 35.4 Å². The van der Waals surface area contributed by atoms with Gasteiger partial charge in [0.15, 0.2) is 5.78 Å². The highest BCUT2D eigenvalue weighted by Gasteiger charge is 2.02. The maximum atomic E-state index is 11.3. The quantitative estimate of drug-likeness (QED) is 0.662. The number of carbonyl (C=O) groups is 1. The molecule has 1 aromatic rings. The third kappa shape index (κ3) is 2.67. The molecular weight excluding hydrogens is 164 g/mol. The summed E-state index contributed by atoms with van der Waals surface area (Å²) in [6.07, 6.45) is 0.552. The van der Waals surface area contributed by atoms with Crippen LogP contribution in [0.3, 0.4) is 0 Å². The van der Waals surface area contributed by atoms with Gasteiger partial charge in [0.1, 0.15) is 0 Å². The van der Waals surface area contributed by atoms with Crippen molar-refractivity contribution in [3.8, 4) is 0 Å². The Kier molecular flexibility index (Phi) is 3.65.